The van der Waals surface area contributed by atoms with Crippen LogP contribution in [0.3, 0.4) is 0 Å². The monoisotopic (exact) mass is 300 g/mol. The summed E-state index contributed by atoms with van der Waals surface area (Å²) in [5.74, 6) is 1.06. The fraction of sp³-hybridized carbons (Fsp3) is 0.412. The van der Waals surface area contributed by atoms with Gasteiger partial charge in [-0.1, -0.05) is 18.6 Å². The summed E-state index contributed by atoms with van der Waals surface area (Å²) in [5, 5.41) is 3.31. The molecule has 116 valence electrons. The lowest BCUT2D eigenvalue weighted by Crippen LogP contribution is -2.15. The summed E-state index contributed by atoms with van der Waals surface area (Å²) in [5.41, 5.74) is 7.91. The van der Waals surface area contributed by atoms with Crippen LogP contribution in [0.5, 0.6) is 0 Å². The first-order chi connectivity index (χ1) is 10.8. The molecule has 1 aliphatic carbocycles. The summed E-state index contributed by atoms with van der Waals surface area (Å²) in [7, 11) is 0. The zero-order chi connectivity index (χ0) is 15.4. The number of hydrogen-bond acceptors (Lipinski definition) is 4. The molecule has 3 N–H and O–H groups in total. The molecular formula is C17H21FN4. The maximum atomic E-state index is 13.5. The van der Waals surface area contributed by atoms with E-state index in [1.54, 1.807) is 6.07 Å². The second-order valence-corrected chi connectivity index (χ2v) is 5.70. The fourth-order valence-corrected chi connectivity index (χ4v) is 2.57. The predicted octanol–water partition coefficient (Wildman–Crippen LogP) is 3.31. The Hall–Kier alpha value is -2.01. The van der Waals surface area contributed by atoms with Crippen molar-refractivity contribution in [1.29, 1.82) is 0 Å². The normalized spacial score (nSPS) is 14.6. The number of nitrogens with two attached hydrogens (primary N) is 1. The minimum atomic E-state index is -0.255. The van der Waals surface area contributed by atoms with Crippen molar-refractivity contribution in [2.75, 3.05) is 18.4 Å². The standard InChI is InChI=1S/C17H21FN4/c18-14-7-2-6-13(10-14)16-15(20-9-3-8-19)11-21-17(22-16)12-4-1-5-12/h2,6-7,10-12,20H,1,3-5,8-9,19H2. The van der Waals surface area contributed by atoms with Crippen LogP contribution in [0.4, 0.5) is 10.1 Å². The van der Waals surface area contributed by atoms with Crippen LogP contribution in [-0.4, -0.2) is 23.1 Å². The molecule has 1 aromatic heterocycles. The molecule has 1 heterocycles. The topological polar surface area (TPSA) is 63.8 Å². The van der Waals surface area contributed by atoms with Gasteiger partial charge >= 0.3 is 0 Å². The van der Waals surface area contributed by atoms with Gasteiger partial charge in [-0.15, -0.1) is 0 Å². The van der Waals surface area contributed by atoms with Crippen molar-refractivity contribution in [3.8, 4) is 11.3 Å². The highest BCUT2D eigenvalue weighted by Gasteiger charge is 2.23. The number of hydrogen-bond donors (Lipinski definition) is 2. The Morgan fingerprint density at radius 1 is 1.32 bits per heavy atom. The van der Waals surface area contributed by atoms with Gasteiger partial charge in [-0.25, -0.2) is 14.4 Å². The lowest BCUT2D eigenvalue weighted by Gasteiger charge is -2.24. The van der Waals surface area contributed by atoms with E-state index in [4.69, 9.17) is 10.7 Å². The van der Waals surface area contributed by atoms with Gasteiger partial charge in [0.2, 0.25) is 0 Å². The molecule has 2 aromatic rings. The van der Waals surface area contributed by atoms with Gasteiger partial charge < -0.3 is 11.1 Å². The van der Waals surface area contributed by atoms with E-state index in [2.05, 4.69) is 10.3 Å². The highest BCUT2D eigenvalue weighted by Crippen LogP contribution is 2.36. The van der Waals surface area contributed by atoms with Crippen LogP contribution in [0, 0.1) is 5.82 Å². The molecule has 0 unspecified atom stereocenters. The third-order valence-corrected chi connectivity index (χ3v) is 4.07. The van der Waals surface area contributed by atoms with E-state index in [0.29, 0.717) is 12.5 Å². The Morgan fingerprint density at radius 3 is 2.86 bits per heavy atom. The summed E-state index contributed by atoms with van der Waals surface area (Å²) in [6.07, 6.45) is 6.20. The Bertz CT molecular complexity index is 640. The summed E-state index contributed by atoms with van der Waals surface area (Å²) < 4.78 is 13.5. The Morgan fingerprint density at radius 2 is 2.18 bits per heavy atom. The summed E-state index contributed by atoms with van der Waals surface area (Å²) >= 11 is 0. The van der Waals surface area contributed by atoms with Gasteiger partial charge in [-0.2, -0.15) is 0 Å². The van der Waals surface area contributed by atoms with Crippen LogP contribution in [-0.2, 0) is 0 Å². The smallest absolute Gasteiger partial charge is 0.132 e. The zero-order valence-electron chi connectivity index (χ0n) is 12.6. The maximum absolute atomic E-state index is 13.5. The molecule has 1 saturated carbocycles. The van der Waals surface area contributed by atoms with Gasteiger partial charge in [0.05, 0.1) is 17.6 Å². The Labute approximate surface area is 130 Å². The van der Waals surface area contributed by atoms with E-state index in [-0.39, 0.29) is 5.82 Å². The average Bonchev–Trinajstić information content (AvgIpc) is 2.47. The lowest BCUT2D eigenvalue weighted by molar-refractivity contribution is 0.402. The second-order valence-electron chi connectivity index (χ2n) is 5.70. The highest BCUT2D eigenvalue weighted by atomic mass is 19.1. The number of anilines is 1. The third kappa shape index (κ3) is 3.25. The molecular weight excluding hydrogens is 279 g/mol. The highest BCUT2D eigenvalue weighted by molar-refractivity contribution is 5.73. The second kappa shape index (κ2) is 6.83. The largest absolute Gasteiger partial charge is 0.382 e. The maximum Gasteiger partial charge on any atom is 0.132 e. The minimum Gasteiger partial charge on any atom is -0.382 e. The van der Waals surface area contributed by atoms with E-state index in [9.17, 15) is 4.39 Å². The zero-order valence-corrected chi connectivity index (χ0v) is 12.6. The molecule has 0 radical (unpaired) electrons. The van der Waals surface area contributed by atoms with Crippen LogP contribution in [0.2, 0.25) is 0 Å². The Kier molecular flexibility index (Phi) is 4.63. The molecule has 0 bridgehead atoms. The number of nitrogens with one attached hydrogen (secondary N) is 1. The van der Waals surface area contributed by atoms with E-state index < -0.39 is 0 Å². The molecule has 1 aromatic carbocycles. The average molecular weight is 300 g/mol. The first kappa shape index (κ1) is 14.9. The molecule has 1 aliphatic rings. The van der Waals surface area contributed by atoms with Crippen molar-refractivity contribution < 1.29 is 4.39 Å². The first-order valence-corrected chi connectivity index (χ1v) is 7.85. The molecule has 0 amide bonds. The van der Waals surface area contributed by atoms with E-state index >= 15 is 0 Å². The van der Waals surface area contributed by atoms with Crippen molar-refractivity contribution in [3.63, 3.8) is 0 Å². The van der Waals surface area contributed by atoms with Crippen molar-refractivity contribution in [1.82, 2.24) is 9.97 Å². The van der Waals surface area contributed by atoms with Gasteiger partial charge in [-0.05, 0) is 37.9 Å². The fourth-order valence-electron chi connectivity index (χ4n) is 2.57. The number of nitrogens with zero attached hydrogens (tertiary/aromatic N) is 2. The minimum absolute atomic E-state index is 0.255. The van der Waals surface area contributed by atoms with Crippen molar-refractivity contribution in [2.24, 2.45) is 5.73 Å². The molecule has 0 spiro atoms. The molecule has 4 nitrogen and oxygen atoms in total. The number of rotatable bonds is 6. The molecule has 1 fully saturated rings. The molecule has 3 rings (SSSR count). The number of halogens is 1. The first-order valence-electron chi connectivity index (χ1n) is 7.85. The summed E-state index contributed by atoms with van der Waals surface area (Å²) in [6.45, 7) is 1.38. The summed E-state index contributed by atoms with van der Waals surface area (Å²) in [4.78, 5) is 9.20. The molecule has 5 heteroatoms. The van der Waals surface area contributed by atoms with Crippen LogP contribution in [0.25, 0.3) is 11.3 Å². The van der Waals surface area contributed by atoms with Crippen LogP contribution >= 0.6 is 0 Å². The molecule has 0 atom stereocenters. The van der Waals surface area contributed by atoms with Crippen molar-refractivity contribution in [3.05, 3.63) is 42.1 Å². The van der Waals surface area contributed by atoms with Gasteiger partial charge in [0, 0.05) is 18.0 Å². The van der Waals surface area contributed by atoms with Gasteiger partial charge in [0.25, 0.3) is 0 Å². The van der Waals surface area contributed by atoms with Gasteiger partial charge in [0.1, 0.15) is 11.6 Å². The van der Waals surface area contributed by atoms with Crippen LogP contribution in [0.1, 0.15) is 37.4 Å². The third-order valence-electron chi connectivity index (χ3n) is 4.07. The van der Waals surface area contributed by atoms with Crippen molar-refractivity contribution >= 4 is 5.69 Å². The lowest BCUT2D eigenvalue weighted by atomic mass is 9.85. The van der Waals surface area contributed by atoms with Crippen LogP contribution < -0.4 is 11.1 Å². The molecule has 0 saturated heterocycles. The number of aromatic nitrogens is 2. The number of benzene rings is 1. The van der Waals surface area contributed by atoms with Gasteiger partial charge in [0.15, 0.2) is 0 Å². The van der Waals surface area contributed by atoms with E-state index in [0.717, 1.165) is 48.6 Å². The molecule has 0 aliphatic heterocycles. The van der Waals surface area contributed by atoms with Crippen molar-refractivity contribution in [2.45, 2.75) is 31.6 Å². The quantitative estimate of drug-likeness (QED) is 0.803. The Balaban J connectivity index is 1.94. The predicted molar refractivity (Wildman–Crippen MR) is 86.2 cm³/mol. The van der Waals surface area contributed by atoms with Crippen LogP contribution in [0.15, 0.2) is 30.5 Å². The SMILES string of the molecule is NCCCNc1cnc(C2CCC2)nc1-c1cccc(F)c1. The van der Waals surface area contributed by atoms with E-state index in [1.807, 2.05) is 12.3 Å². The summed E-state index contributed by atoms with van der Waals surface area (Å²) in [6, 6.07) is 6.55. The molecule has 22 heavy (non-hydrogen) atoms. The van der Waals surface area contributed by atoms with Gasteiger partial charge in [-0.3, -0.25) is 0 Å². The van der Waals surface area contributed by atoms with E-state index in [1.165, 1.54) is 18.6 Å².